The third-order valence-electron chi connectivity index (χ3n) is 2.93. The Labute approximate surface area is 129 Å². The summed E-state index contributed by atoms with van der Waals surface area (Å²) in [6.07, 6.45) is 3.07. The summed E-state index contributed by atoms with van der Waals surface area (Å²) in [6.45, 7) is 1.70. The van der Waals surface area contributed by atoms with Gasteiger partial charge in [0, 0.05) is 24.2 Å². The standard InChI is InChI=1S/C13H18ClNO3S2/c1-9(8-20(4,17)18)15(2)13(16)11-7-10(19-3)5-6-12(11)14/h5-7,9H,8H2,1-4H3. The molecule has 20 heavy (non-hydrogen) atoms. The van der Waals surface area contributed by atoms with Gasteiger partial charge < -0.3 is 4.90 Å². The van der Waals surface area contributed by atoms with Crippen molar-refractivity contribution in [2.75, 3.05) is 25.3 Å². The van der Waals surface area contributed by atoms with E-state index < -0.39 is 15.9 Å². The topological polar surface area (TPSA) is 54.5 Å². The van der Waals surface area contributed by atoms with Crippen molar-refractivity contribution in [1.82, 2.24) is 4.90 Å². The van der Waals surface area contributed by atoms with Crippen LogP contribution < -0.4 is 0 Å². The van der Waals surface area contributed by atoms with E-state index in [9.17, 15) is 13.2 Å². The van der Waals surface area contributed by atoms with Gasteiger partial charge in [-0.1, -0.05) is 11.6 Å². The molecule has 1 amide bonds. The third-order valence-corrected chi connectivity index (χ3v) is 5.07. The normalized spacial score (nSPS) is 13.1. The van der Waals surface area contributed by atoms with Crippen molar-refractivity contribution in [2.45, 2.75) is 17.9 Å². The molecule has 0 bridgehead atoms. The molecule has 0 N–H and O–H groups in total. The Kier molecular flexibility index (Phi) is 5.91. The van der Waals surface area contributed by atoms with E-state index in [1.807, 2.05) is 12.3 Å². The largest absolute Gasteiger partial charge is 0.338 e. The van der Waals surface area contributed by atoms with Crippen LogP contribution in [0.2, 0.25) is 5.02 Å². The highest BCUT2D eigenvalue weighted by Crippen LogP contribution is 2.24. The van der Waals surface area contributed by atoms with E-state index in [0.717, 1.165) is 11.2 Å². The fraction of sp³-hybridized carbons (Fsp3) is 0.462. The molecule has 0 fully saturated rings. The second-order valence-corrected chi connectivity index (χ2v) is 8.17. The van der Waals surface area contributed by atoms with Gasteiger partial charge in [0.15, 0.2) is 0 Å². The first-order chi connectivity index (χ1) is 9.15. The number of nitrogens with zero attached hydrogens (tertiary/aromatic N) is 1. The number of carbonyl (C=O) groups excluding carboxylic acids is 1. The molecular weight excluding hydrogens is 318 g/mol. The summed E-state index contributed by atoms with van der Waals surface area (Å²) in [4.78, 5) is 14.7. The number of amides is 1. The lowest BCUT2D eigenvalue weighted by Gasteiger charge is -2.25. The minimum Gasteiger partial charge on any atom is -0.338 e. The molecule has 0 aromatic heterocycles. The van der Waals surface area contributed by atoms with E-state index in [1.54, 1.807) is 26.1 Å². The molecule has 0 aliphatic carbocycles. The van der Waals surface area contributed by atoms with Gasteiger partial charge in [0.1, 0.15) is 9.84 Å². The van der Waals surface area contributed by atoms with Gasteiger partial charge in [-0.15, -0.1) is 11.8 Å². The molecule has 0 aliphatic rings. The summed E-state index contributed by atoms with van der Waals surface area (Å²) in [5, 5.41) is 0.367. The molecule has 1 aromatic rings. The number of benzene rings is 1. The van der Waals surface area contributed by atoms with Crippen LogP contribution in [0.25, 0.3) is 0 Å². The molecule has 0 aliphatic heterocycles. The lowest BCUT2D eigenvalue weighted by Crippen LogP contribution is -2.39. The molecule has 0 saturated carbocycles. The van der Waals surface area contributed by atoms with E-state index in [-0.39, 0.29) is 11.7 Å². The van der Waals surface area contributed by atoms with Crippen molar-refractivity contribution in [2.24, 2.45) is 0 Å². The summed E-state index contributed by atoms with van der Waals surface area (Å²) in [5.41, 5.74) is 0.390. The van der Waals surface area contributed by atoms with Gasteiger partial charge in [-0.3, -0.25) is 4.79 Å². The Morgan fingerprint density at radius 1 is 1.45 bits per heavy atom. The minimum atomic E-state index is -3.14. The molecule has 0 heterocycles. The number of hydrogen-bond acceptors (Lipinski definition) is 4. The van der Waals surface area contributed by atoms with Crippen LogP contribution >= 0.6 is 23.4 Å². The number of halogens is 1. The zero-order valence-corrected chi connectivity index (χ0v) is 14.3. The van der Waals surface area contributed by atoms with Crippen LogP contribution in [-0.2, 0) is 9.84 Å². The summed E-state index contributed by atoms with van der Waals surface area (Å²) < 4.78 is 22.6. The highest BCUT2D eigenvalue weighted by Gasteiger charge is 2.22. The van der Waals surface area contributed by atoms with Gasteiger partial charge >= 0.3 is 0 Å². The van der Waals surface area contributed by atoms with Gasteiger partial charge in [0.05, 0.1) is 16.3 Å². The van der Waals surface area contributed by atoms with Gasteiger partial charge in [0.25, 0.3) is 5.91 Å². The van der Waals surface area contributed by atoms with E-state index >= 15 is 0 Å². The van der Waals surface area contributed by atoms with Crippen LogP contribution in [-0.4, -0.2) is 50.6 Å². The number of carbonyl (C=O) groups is 1. The van der Waals surface area contributed by atoms with Gasteiger partial charge in [-0.25, -0.2) is 8.42 Å². The predicted molar refractivity (Wildman–Crippen MR) is 84.5 cm³/mol. The summed E-state index contributed by atoms with van der Waals surface area (Å²) >= 11 is 7.57. The molecule has 0 saturated heterocycles. The molecule has 7 heteroatoms. The smallest absolute Gasteiger partial charge is 0.255 e. The van der Waals surface area contributed by atoms with Crippen LogP contribution in [0.1, 0.15) is 17.3 Å². The monoisotopic (exact) mass is 335 g/mol. The quantitative estimate of drug-likeness (QED) is 0.776. The second kappa shape index (κ2) is 6.83. The van der Waals surface area contributed by atoms with Crippen LogP contribution in [0.5, 0.6) is 0 Å². The number of hydrogen-bond donors (Lipinski definition) is 0. The average Bonchev–Trinajstić information content (AvgIpc) is 2.35. The first-order valence-electron chi connectivity index (χ1n) is 5.94. The Hall–Kier alpha value is -0.720. The fourth-order valence-electron chi connectivity index (χ4n) is 1.74. The van der Waals surface area contributed by atoms with E-state index in [4.69, 9.17) is 11.6 Å². The van der Waals surface area contributed by atoms with Crippen molar-refractivity contribution in [3.05, 3.63) is 28.8 Å². The molecule has 4 nitrogen and oxygen atoms in total. The lowest BCUT2D eigenvalue weighted by molar-refractivity contribution is 0.0757. The number of sulfone groups is 1. The molecule has 112 valence electrons. The summed E-state index contributed by atoms with van der Waals surface area (Å²) in [7, 11) is -1.55. The van der Waals surface area contributed by atoms with E-state index in [0.29, 0.717) is 10.6 Å². The SMILES string of the molecule is CSc1ccc(Cl)c(C(=O)N(C)C(C)CS(C)(=O)=O)c1. The zero-order chi connectivity index (χ0) is 15.5. The number of rotatable bonds is 5. The molecule has 0 radical (unpaired) electrons. The predicted octanol–water partition coefficient (Wildman–Crippen LogP) is 2.57. The maximum absolute atomic E-state index is 12.4. The van der Waals surface area contributed by atoms with Crippen LogP contribution in [0.15, 0.2) is 23.1 Å². The second-order valence-electron chi connectivity index (χ2n) is 4.70. The zero-order valence-electron chi connectivity index (χ0n) is 11.9. The molecular formula is C13H18ClNO3S2. The maximum Gasteiger partial charge on any atom is 0.255 e. The number of thioether (sulfide) groups is 1. The van der Waals surface area contributed by atoms with Crippen molar-refractivity contribution >= 4 is 39.1 Å². The molecule has 1 atom stereocenters. The van der Waals surface area contributed by atoms with Crippen LogP contribution in [0.3, 0.4) is 0 Å². The minimum absolute atomic E-state index is 0.0743. The highest BCUT2D eigenvalue weighted by molar-refractivity contribution is 7.98. The molecule has 1 rings (SSSR count). The summed E-state index contributed by atoms with van der Waals surface area (Å²) in [6, 6.07) is 4.82. The van der Waals surface area contributed by atoms with Gasteiger partial charge in [0.2, 0.25) is 0 Å². The Morgan fingerprint density at radius 2 is 2.05 bits per heavy atom. The lowest BCUT2D eigenvalue weighted by atomic mass is 10.2. The highest BCUT2D eigenvalue weighted by atomic mass is 35.5. The molecule has 1 aromatic carbocycles. The Balaban J connectivity index is 2.99. The van der Waals surface area contributed by atoms with Crippen molar-refractivity contribution in [3.63, 3.8) is 0 Å². The van der Waals surface area contributed by atoms with Crippen LogP contribution in [0, 0.1) is 0 Å². The third kappa shape index (κ3) is 4.68. The van der Waals surface area contributed by atoms with Gasteiger partial charge in [-0.2, -0.15) is 0 Å². The molecule has 0 spiro atoms. The maximum atomic E-state index is 12.4. The Morgan fingerprint density at radius 3 is 2.55 bits per heavy atom. The van der Waals surface area contributed by atoms with Crippen LogP contribution in [0.4, 0.5) is 0 Å². The fourth-order valence-corrected chi connectivity index (χ4v) is 3.47. The molecule has 1 unspecified atom stereocenters. The average molecular weight is 336 g/mol. The first-order valence-corrected chi connectivity index (χ1v) is 9.60. The van der Waals surface area contributed by atoms with Gasteiger partial charge in [-0.05, 0) is 31.4 Å². The van der Waals surface area contributed by atoms with E-state index in [2.05, 4.69) is 0 Å². The van der Waals surface area contributed by atoms with E-state index in [1.165, 1.54) is 16.7 Å². The van der Waals surface area contributed by atoms with Crippen molar-refractivity contribution in [1.29, 1.82) is 0 Å². The first kappa shape index (κ1) is 17.3. The van der Waals surface area contributed by atoms with Crippen molar-refractivity contribution in [3.8, 4) is 0 Å². The summed E-state index contributed by atoms with van der Waals surface area (Å²) in [5.74, 6) is -0.350. The van der Waals surface area contributed by atoms with Crippen molar-refractivity contribution < 1.29 is 13.2 Å². The Bertz CT molecular complexity index is 602.